The van der Waals surface area contributed by atoms with Gasteiger partial charge in [0, 0.05) is 23.1 Å². The summed E-state index contributed by atoms with van der Waals surface area (Å²) in [6.07, 6.45) is 2.51. The number of rotatable bonds is 10. The van der Waals surface area contributed by atoms with Crippen LogP contribution in [0, 0.1) is 5.82 Å². The summed E-state index contributed by atoms with van der Waals surface area (Å²) in [6, 6.07) is 3.33. The number of aromatic nitrogens is 1. The number of hydrogen-bond donors (Lipinski definition) is 0. The Bertz CT molecular complexity index is 873. The predicted molar refractivity (Wildman–Crippen MR) is 129 cm³/mol. The van der Waals surface area contributed by atoms with Crippen LogP contribution in [0.1, 0.15) is 64.5 Å². The molecule has 172 valence electrons. The Kier molecular flexibility index (Phi) is 8.83. The Morgan fingerprint density at radius 3 is 2.26 bits per heavy atom. The maximum Gasteiger partial charge on any atom is 0.310 e. The fraction of sp³-hybridized carbons (Fsp3) is 0.583. The molecule has 2 rings (SSSR count). The number of carbonyl (C=O) groups is 1. The quantitative estimate of drug-likeness (QED) is 0.325. The van der Waals surface area contributed by atoms with Gasteiger partial charge in [0.1, 0.15) is 8.07 Å². The van der Waals surface area contributed by atoms with Gasteiger partial charge in [0.2, 0.25) is 0 Å². The second-order valence-electron chi connectivity index (χ2n) is 8.96. The lowest BCUT2D eigenvalue weighted by Crippen LogP contribution is -2.55. The summed E-state index contributed by atoms with van der Waals surface area (Å²) in [5.74, 6) is -0.744. The summed E-state index contributed by atoms with van der Waals surface area (Å²) in [6.45, 7) is 16.0. The highest BCUT2D eigenvalue weighted by molar-refractivity contribution is 7.27. The van der Waals surface area contributed by atoms with Crippen molar-refractivity contribution in [2.45, 2.75) is 77.9 Å². The molecule has 7 heteroatoms. The van der Waals surface area contributed by atoms with Crippen LogP contribution in [-0.2, 0) is 22.4 Å². The molecule has 0 aliphatic rings. The molecule has 0 aliphatic carbocycles. The van der Waals surface area contributed by atoms with Crippen molar-refractivity contribution in [3.05, 3.63) is 40.2 Å². The summed E-state index contributed by atoms with van der Waals surface area (Å²) in [5, 5.41) is 0. The number of methoxy groups -OCH3 is 1. The Hall–Kier alpha value is -1.73. The lowest BCUT2D eigenvalue weighted by molar-refractivity contribution is -0.142. The van der Waals surface area contributed by atoms with Crippen molar-refractivity contribution in [2.24, 2.45) is 0 Å². The van der Waals surface area contributed by atoms with E-state index in [9.17, 15) is 9.18 Å². The first-order valence-electron chi connectivity index (χ1n) is 11.0. The van der Waals surface area contributed by atoms with Crippen molar-refractivity contribution >= 4 is 30.0 Å². The molecular weight excluding hydrogens is 429 g/mol. The molecule has 0 N–H and O–H groups in total. The molecule has 31 heavy (non-hydrogen) atoms. The fourth-order valence-corrected chi connectivity index (χ4v) is 14.8. The average Bonchev–Trinajstić information content (AvgIpc) is 3.09. The minimum atomic E-state index is -1.82. The van der Waals surface area contributed by atoms with Crippen molar-refractivity contribution in [2.75, 3.05) is 13.7 Å². The number of halogens is 1. The number of ether oxygens (including phenoxy) is 2. The second kappa shape index (κ2) is 10.7. The topological polar surface area (TPSA) is 48.4 Å². The van der Waals surface area contributed by atoms with E-state index in [-0.39, 0.29) is 18.1 Å². The molecular formula is C24H36FNO3SSi. The molecule has 0 saturated heterocycles. The highest BCUT2D eigenvalue weighted by Crippen LogP contribution is 2.41. The lowest BCUT2D eigenvalue weighted by atomic mass is 10.0. The van der Waals surface area contributed by atoms with Gasteiger partial charge < -0.3 is 9.47 Å². The zero-order valence-corrected chi connectivity index (χ0v) is 21.9. The second-order valence-corrected chi connectivity index (χ2v) is 16.2. The molecule has 2 aromatic rings. The summed E-state index contributed by atoms with van der Waals surface area (Å²) >= 11 is 1.77. The molecule has 0 atom stereocenters. The van der Waals surface area contributed by atoms with Crippen LogP contribution in [0.2, 0.25) is 16.6 Å². The van der Waals surface area contributed by atoms with E-state index in [4.69, 9.17) is 14.5 Å². The summed E-state index contributed by atoms with van der Waals surface area (Å²) < 4.78 is 26.2. The number of benzene rings is 1. The van der Waals surface area contributed by atoms with E-state index >= 15 is 0 Å². The molecule has 0 aliphatic heterocycles. The molecule has 0 saturated carbocycles. The minimum Gasteiger partial charge on any atom is -0.493 e. The van der Waals surface area contributed by atoms with Crippen LogP contribution in [0.4, 0.5) is 4.39 Å². The SMILES string of the molecule is CCOC(=O)Cc1cc(Cc2cnc([Si](C(C)C)(C(C)C)C(C)C)s2)cc(F)c1OC. The van der Waals surface area contributed by atoms with Crippen LogP contribution < -0.4 is 9.37 Å². The Morgan fingerprint density at radius 2 is 1.74 bits per heavy atom. The number of hydrogen-bond acceptors (Lipinski definition) is 5. The van der Waals surface area contributed by atoms with Gasteiger partial charge in [-0.1, -0.05) is 47.6 Å². The van der Waals surface area contributed by atoms with Crippen LogP contribution in [0.3, 0.4) is 0 Å². The van der Waals surface area contributed by atoms with Gasteiger partial charge in [-0.05, 0) is 35.2 Å². The molecule has 1 aromatic carbocycles. The van der Waals surface area contributed by atoms with Crippen LogP contribution in [0.15, 0.2) is 18.3 Å². The van der Waals surface area contributed by atoms with Crippen molar-refractivity contribution in [3.63, 3.8) is 0 Å². The lowest BCUT2D eigenvalue weighted by Gasteiger charge is -2.41. The molecule has 4 nitrogen and oxygen atoms in total. The van der Waals surface area contributed by atoms with Crippen molar-refractivity contribution in [1.82, 2.24) is 4.98 Å². The smallest absolute Gasteiger partial charge is 0.310 e. The first kappa shape index (κ1) is 25.5. The zero-order valence-electron chi connectivity index (χ0n) is 20.0. The van der Waals surface area contributed by atoms with E-state index in [0.717, 1.165) is 10.4 Å². The summed E-state index contributed by atoms with van der Waals surface area (Å²) in [7, 11) is -0.403. The fourth-order valence-electron chi connectivity index (χ4n) is 5.07. The van der Waals surface area contributed by atoms with Gasteiger partial charge in [0.05, 0.1) is 24.8 Å². The Morgan fingerprint density at radius 1 is 1.13 bits per heavy atom. The maximum absolute atomic E-state index is 14.7. The zero-order chi connectivity index (χ0) is 23.3. The molecule has 0 spiro atoms. The number of carbonyl (C=O) groups excluding carboxylic acids is 1. The van der Waals surface area contributed by atoms with Crippen LogP contribution in [0.25, 0.3) is 0 Å². The van der Waals surface area contributed by atoms with Crippen LogP contribution in [-0.4, -0.2) is 32.7 Å². The van der Waals surface area contributed by atoms with Crippen molar-refractivity contribution < 1.29 is 18.7 Å². The van der Waals surface area contributed by atoms with E-state index in [1.54, 1.807) is 18.3 Å². The molecule has 0 amide bonds. The average molecular weight is 466 g/mol. The van der Waals surface area contributed by atoms with Crippen LogP contribution >= 0.6 is 11.3 Å². The Labute approximate surface area is 191 Å². The molecule has 1 aromatic heterocycles. The van der Waals surface area contributed by atoms with Crippen molar-refractivity contribution in [3.8, 4) is 5.75 Å². The number of nitrogens with zero attached hydrogens (tertiary/aromatic N) is 1. The molecule has 0 fully saturated rings. The third-order valence-electron chi connectivity index (χ3n) is 6.19. The van der Waals surface area contributed by atoms with Gasteiger partial charge in [0.15, 0.2) is 11.6 Å². The van der Waals surface area contributed by atoms with E-state index in [1.807, 2.05) is 12.3 Å². The summed E-state index contributed by atoms with van der Waals surface area (Å²) in [5.41, 5.74) is 3.07. The van der Waals surface area contributed by atoms with E-state index in [2.05, 4.69) is 41.5 Å². The molecule has 0 unspecified atom stereocenters. The summed E-state index contributed by atoms with van der Waals surface area (Å²) in [4.78, 5) is 18.0. The monoisotopic (exact) mass is 465 g/mol. The first-order valence-corrected chi connectivity index (χ1v) is 14.1. The minimum absolute atomic E-state index is 0.0141. The van der Waals surface area contributed by atoms with Crippen molar-refractivity contribution in [1.29, 1.82) is 0 Å². The first-order chi connectivity index (χ1) is 14.6. The van der Waals surface area contributed by atoms with Gasteiger partial charge in [-0.15, -0.1) is 11.3 Å². The number of esters is 1. The molecule has 0 radical (unpaired) electrons. The van der Waals surface area contributed by atoms with Gasteiger partial charge in [-0.3, -0.25) is 9.78 Å². The van der Waals surface area contributed by atoms with Gasteiger partial charge in [-0.25, -0.2) is 4.39 Å². The Balaban J connectivity index is 2.39. The number of thiazole rings is 1. The van der Waals surface area contributed by atoms with E-state index < -0.39 is 13.9 Å². The highest BCUT2D eigenvalue weighted by atomic mass is 32.1. The van der Waals surface area contributed by atoms with E-state index in [1.165, 1.54) is 17.8 Å². The predicted octanol–water partition coefficient (Wildman–Crippen LogP) is 5.87. The van der Waals surface area contributed by atoms with Gasteiger partial charge >= 0.3 is 5.97 Å². The van der Waals surface area contributed by atoms with E-state index in [0.29, 0.717) is 35.2 Å². The molecule has 1 heterocycles. The van der Waals surface area contributed by atoms with Gasteiger partial charge in [-0.2, -0.15) is 0 Å². The third kappa shape index (κ3) is 5.37. The maximum atomic E-state index is 14.7. The van der Waals surface area contributed by atoms with Gasteiger partial charge in [0.25, 0.3) is 0 Å². The highest BCUT2D eigenvalue weighted by Gasteiger charge is 2.46. The largest absolute Gasteiger partial charge is 0.493 e. The normalized spacial score (nSPS) is 12.1. The van der Waals surface area contributed by atoms with Crippen LogP contribution in [0.5, 0.6) is 5.75 Å². The standard InChI is InChI=1S/C24H36FNO3SSi/c1-9-29-22(27)13-19-10-18(12-21(25)23(19)28-8)11-20-14-26-24(30-20)31(15(2)3,16(4)5)17(6)7/h10,12,14-17H,9,11,13H2,1-8H3. The third-order valence-corrected chi connectivity index (χ3v) is 15.0. The molecule has 0 bridgehead atoms.